The number of rotatable bonds is 5. The molecule has 4 heteroatoms. The van der Waals surface area contributed by atoms with E-state index in [-0.39, 0.29) is 29.2 Å². The molecular formula is C15H29NO2Si. The number of hydrogen-bond donors (Lipinski definition) is 1. The Morgan fingerprint density at radius 2 is 1.89 bits per heavy atom. The molecule has 1 rings (SSSR count). The minimum absolute atomic E-state index is 0.0775. The van der Waals surface area contributed by atoms with Crippen molar-refractivity contribution in [2.45, 2.75) is 59.4 Å². The second-order valence-electron chi connectivity index (χ2n) is 7.13. The maximum absolute atomic E-state index is 12.1. The summed E-state index contributed by atoms with van der Waals surface area (Å²) in [5.74, 6) is 0.294. The van der Waals surface area contributed by atoms with Crippen LogP contribution in [0.1, 0.15) is 34.6 Å². The van der Waals surface area contributed by atoms with Gasteiger partial charge in [0.1, 0.15) is 0 Å². The highest BCUT2D eigenvalue weighted by atomic mass is 28.3. The molecule has 0 bridgehead atoms. The van der Waals surface area contributed by atoms with E-state index in [0.717, 1.165) is 0 Å². The molecule has 1 aliphatic heterocycles. The number of carbonyl (C=O) groups is 1. The molecule has 0 spiro atoms. The highest BCUT2D eigenvalue weighted by Gasteiger charge is 2.57. The van der Waals surface area contributed by atoms with Gasteiger partial charge in [0, 0.05) is 6.04 Å². The molecule has 1 amide bonds. The predicted octanol–water partition coefficient (Wildman–Crippen LogP) is 2.73. The number of carbonyl (C=O) groups excluding carboxylic acids is 1. The highest BCUT2D eigenvalue weighted by molar-refractivity contribution is 6.48. The number of hydrogen-bond acceptors (Lipinski definition) is 2. The third kappa shape index (κ3) is 2.94. The quantitative estimate of drug-likeness (QED) is 0.479. The van der Waals surface area contributed by atoms with Crippen molar-refractivity contribution >= 4 is 14.9 Å². The van der Waals surface area contributed by atoms with Gasteiger partial charge in [-0.05, 0) is 31.4 Å². The van der Waals surface area contributed by atoms with E-state index in [9.17, 15) is 4.79 Å². The highest BCUT2D eigenvalue weighted by Crippen LogP contribution is 2.45. The summed E-state index contributed by atoms with van der Waals surface area (Å²) in [4.78, 5) is 12.1. The van der Waals surface area contributed by atoms with E-state index in [1.54, 1.807) is 0 Å². The van der Waals surface area contributed by atoms with Crippen LogP contribution in [0.25, 0.3) is 0 Å². The van der Waals surface area contributed by atoms with Gasteiger partial charge in [0.15, 0.2) is 9.04 Å². The lowest BCUT2D eigenvalue weighted by Gasteiger charge is -2.55. The largest absolute Gasteiger partial charge is 0.414 e. The fraction of sp³-hybridized carbons (Fsp3) is 0.800. The summed E-state index contributed by atoms with van der Waals surface area (Å²) in [5, 5.41) is 3.02. The zero-order valence-corrected chi connectivity index (χ0v) is 14.6. The Morgan fingerprint density at radius 3 is 2.21 bits per heavy atom. The number of amides is 1. The minimum atomic E-state index is -1.23. The van der Waals surface area contributed by atoms with Gasteiger partial charge in [0.05, 0.1) is 11.5 Å². The maximum atomic E-state index is 12.1. The van der Waals surface area contributed by atoms with Crippen molar-refractivity contribution in [3.63, 3.8) is 0 Å². The normalized spacial score (nSPS) is 28.3. The van der Waals surface area contributed by atoms with Crippen molar-refractivity contribution in [1.29, 1.82) is 0 Å². The summed E-state index contributed by atoms with van der Waals surface area (Å²) in [6, 6.07) is 0.141. The molecule has 19 heavy (non-hydrogen) atoms. The standard InChI is InChI=1S/C15H29NO2Si/c1-9-10(2)12-11(13(17)16-12)15(6,14(3,4)5)18-19(7)8/h9-12,19H,1H2,2-8H3,(H,16,17)/t10-,11-,12-,15?/m1/s1. The molecule has 1 aliphatic rings. The first kappa shape index (κ1) is 16.4. The topological polar surface area (TPSA) is 38.3 Å². The molecule has 3 nitrogen and oxygen atoms in total. The Bertz CT molecular complexity index is 362. The van der Waals surface area contributed by atoms with E-state index in [4.69, 9.17) is 4.43 Å². The van der Waals surface area contributed by atoms with E-state index in [2.05, 4.69) is 59.6 Å². The van der Waals surface area contributed by atoms with Crippen molar-refractivity contribution in [3.8, 4) is 0 Å². The first-order valence-corrected chi connectivity index (χ1v) is 9.93. The summed E-state index contributed by atoms with van der Waals surface area (Å²) < 4.78 is 6.35. The summed E-state index contributed by atoms with van der Waals surface area (Å²) >= 11 is 0. The van der Waals surface area contributed by atoms with Gasteiger partial charge < -0.3 is 9.74 Å². The summed E-state index contributed by atoms with van der Waals surface area (Å²) in [7, 11) is -1.23. The third-order valence-electron chi connectivity index (χ3n) is 4.45. The van der Waals surface area contributed by atoms with Gasteiger partial charge in [-0.1, -0.05) is 33.8 Å². The van der Waals surface area contributed by atoms with Gasteiger partial charge in [-0.25, -0.2) is 0 Å². The Labute approximate surface area is 119 Å². The van der Waals surface area contributed by atoms with E-state index >= 15 is 0 Å². The smallest absolute Gasteiger partial charge is 0.228 e. The Morgan fingerprint density at radius 1 is 1.37 bits per heavy atom. The molecule has 0 radical (unpaired) electrons. The molecule has 0 aromatic rings. The van der Waals surface area contributed by atoms with Gasteiger partial charge in [0.2, 0.25) is 5.91 Å². The first-order chi connectivity index (χ1) is 8.54. The van der Waals surface area contributed by atoms with E-state index < -0.39 is 14.6 Å². The molecule has 1 saturated heterocycles. The van der Waals surface area contributed by atoms with Crippen molar-refractivity contribution in [1.82, 2.24) is 5.32 Å². The first-order valence-electron chi connectivity index (χ1n) is 7.15. The third-order valence-corrected chi connectivity index (χ3v) is 5.41. The van der Waals surface area contributed by atoms with E-state index in [0.29, 0.717) is 0 Å². The fourth-order valence-electron chi connectivity index (χ4n) is 2.78. The van der Waals surface area contributed by atoms with Gasteiger partial charge in [-0.2, -0.15) is 0 Å². The van der Waals surface area contributed by atoms with Crippen LogP contribution in [0.5, 0.6) is 0 Å². The zero-order chi connectivity index (χ0) is 15.0. The Balaban J connectivity index is 3.10. The summed E-state index contributed by atoms with van der Waals surface area (Å²) in [6.07, 6.45) is 1.91. The van der Waals surface area contributed by atoms with Gasteiger partial charge in [-0.3, -0.25) is 4.79 Å². The molecule has 0 aromatic carbocycles. The van der Waals surface area contributed by atoms with E-state index in [1.807, 2.05) is 6.08 Å². The van der Waals surface area contributed by atoms with Gasteiger partial charge in [0.25, 0.3) is 0 Å². The van der Waals surface area contributed by atoms with Crippen molar-refractivity contribution in [2.24, 2.45) is 17.3 Å². The second kappa shape index (κ2) is 5.41. The molecule has 0 aromatic heterocycles. The average molecular weight is 283 g/mol. The summed E-state index contributed by atoms with van der Waals surface area (Å²) in [6.45, 7) is 18.8. The molecule has 4 atom stereocenters. The van der Waals surface area contributed by atoms with Crippen LogP contribution in [0.3, 0.4) is 0 Å². The molecule has 1 unspecified atom stereocenters. The molecule has 110 valence electrons. The SMILES string of the molecule is C=C[C@@H](C)[C@H]1NC(=O)[C@@H]1C(C)(O[SiH](C)C)C(C)(C)C. The Kier molecular flexibility index (Phi) is 4.68. The molecule has 0 aliphatic carbocycles. The number of nitrogens with one attached hydrogen (secondary N) is 1. The van der Waals surface area contributed by atoms with Crippen LogP contribution in [-0.2, 0) is 9.22 Å². The lowest BCUT2D eigenvalue weighted by atomic mass is 9.62. The van der Waals surface area contributed by atoms with E-state index in [1.165, 1.54) is 0 Å². The van der Waals surface area contributed by atoms with Crippen LogP contribution in [0.4, 0.5) is 0 Å². The van der Waals surface area contributed by atoms with Crippen LogP contribution in [0.15, 0.2) is 12.7 Å². The summed E-state index contributed by atoms with van der Waals surface area (Å²) in [5.41, 5.74) is -0.497. The van der Waals surface area contributed by atoms with Gasteiger partial charge in [-0.15, -0.1) is 6.58 Å². The van der Waals surface area contributed by atoms with Crippen LogP contribution in [0.2, 0.25) is 13.1 Å². The predicted molar refractivity (Wildman–Crippen MR) is 82.6 cm³/mol. The molecule has 1 fully saturated rings. The van der Waals surface area contributed by atoms with Crippen LogP contribution >= 0.6 is 0 Å². The monoisotopic (exact) mass is 283 g/mol. The molecular weight excluding hydrogens is 254 g/mol. The lowest BCUT2D eigenvalue weighted by Crippen LogP contribution is -2.71. The minimum Gasteiger partial charge on any atom is -0.414 e. The zero-order valence-electron chi connectivity index (χ0n) is 13.4. The fourth-order valence-corrected chi connectivity index (χ4v) is 4.26. The number of β-lactam (4-membered cyclic amide) rings is 1. The Hall–Kier alpha value is -0.613. The average Bonchev–Trinajstić information content (AvgIpc) is 2.21. The molecule has 1 heterocycles. The lowest BCUT2D eigenvalue weighted by molar-refractivity contribution is -0.161. The van der Waals surface area contributed by atoms with Crippen molar-refractivity contribution < 1.29 is 9.22 Å². The molecule has 0 saturated carbocycles. The van der Waals surface area contributed by atoms with Crippen molar-refractivity contribution in [3.05, 3.63) is 12.7 Å². The van der Waals surface area contributed by atoms with Crippen LogP contribution in [-0.4, -0.2) is 26.6 Å². The van der Waals surface area contributed by atoms with Crippen LogP contribution < -0.4 is 5.32 Å². The maximum Gasteiger partial charge on any atom is 0.228 e. The van der Waals surface area contributed by atoms with Gasteiger partial charge >= 0.3 is 0 Å². The van der Waals surface area contributed by atoms with Crippen LogP contribution in [0, 0.1) is 17.3 Å². The molecule has 1 N–H and O–H groups in total. The van der Waals surface area contributed by atoms with Crippen molar-refractivity contribution in [2.75, 3.05) is 0 Å². The second-order valence-corrected chi connectivity index (χ2v) is 9.46.